The van der Waals surface area contributed by atoms with Crippen LogP contribution in [0.3, 0.4) is 0 Å². The molecule has 0 aliphatic rings. The number of nitrogens with one attached hydrogen (secondary N) is 1. The van der Waals surface area contributed by atoms with Crippen LogP contribution in [0, 0.1) is 5.82 Å². The van der Waals surface area contributed by atoms with E-state index in [9.17, 15) is 9.50 Å². The highest BCUT2D eigenvalue weighted by Gasteiger charge is 2.25. The molecule has 0 aliphatic carbocycles. The van der Waals surface area contributed by atoms with Crippen molar-refractivity contribution < 1.29 is 9.50 Å². The summed E-state index contributed by atoms with van der Waals surface area (Å²) in [4.78, 5) is 0. The molecule has 0 aliphatic heterocycles. The summed E-state index contributed by atoms with van der Waals surface area (Å²) in [6.07, 6.45) is 3.41. The monoisotopic (exact) mass is 277 g/mol. The average molecular weight is 277 g/mol. The zero-order valence-corrected chi connectivity index (χ0v) is 12.0. The smallest absolute Gasteiger partial charge is 0.127 e. The first-order valence-corrected chi connectivity index (χ1v) is 6.59. The van der Waals surface area contributed by atoms with Crippen molar-refractivity contribution in [2.75, 3.05) is 6.54 Å². The fourth-order valence-corrected chi connectivity index (χ4v) is 2.09. The second-order valence-corrected chi connectivity index (χ2v) is 5.30. The van der Waals surface area contributed by atoms with Crippen LogP contribution in [0.1, 0.15) is 31.0 Å². The number of rotatable bonds is 5. The van der Waals surface area contributed by atoms with Gasteiger partial charge in [-0.15, -0.1) is 0 Å². The fourth-order valence-electron chi connectivity index (χ4n) is 2.09. The number of hydrogen-bond donors (Lipinski definition) is 2. The predicted molar refractivity (Wildman–Crippen MR) is 75.6 cm³/mol. The van der Waals surface area contributed by atoms with Crippen molar-refractivity contribution in [3.8, 4) is 0 Å². The second kappa shape index (κ2) is 5.73. The Kier molecular flexibility index (Phi) is 4.20. The summed E-state index contributed by atoms with van der Waals surface area (Å²) in [5, 5.41) is 17.7. The number of benzene rings is 1. The molecular weight excluding hydrogens is 257 g/mol. The third-order valence-corrected chi connectivity index (χ3v) is 3.45. The van der Waals surface area contributed by atoms with Crippen LogP contribution in [0.15, 0.2) is 36.7 Å². The van der Waals surface area contributed by atoms with Gasteiger partial charge >= 0.3 is 0 Å². The fraction of sp³-hybridized carbons (Fsp3) is 0.400. The summed E-state index contributed by atoms with van der Waals surface area (Å²) in [6, 6.07) is 6.46. The molecule has 2 unspecified atom stereocenters. The molecule has 0 fully saturated rings. The maximum Gasteiger partial charge on any atom is 0.127 e. The van der Waals surface area contributed by atoms with Crippen LogP contribution in [-0.4, -0.2) is 21.4 Å². The normalized spacial score (nSPS) is 15.8. The van der Waals surface area contributed by atoms with Gasteiger partial charge in [-0.25, -0.2) is 4.39 Å². The molecule has 1 heterocycles. The van der Waals surface area contributed by atoms with Crippen molar-refractivity contribution in [2.45, 2.75) is 25.5 Å². The van der Waals surface area contributed by atoms with Gasteiger partial charge in [-0.2, -0.15) is 5.10 Å². The highest BCUT2D eigenvalue weighted by Crippen LogP contribution is 2.21. The molecule has 0 saturated carbocycles. The standard InChI is InChI=1S/C15H20FN3O/c1-11(13-6-4-5-7-14(13)16)17-10-15(2,20)12-8-18-19(3)9-12/h4-9,11,17,20H,10H2,1-3H3. The minimum Gasteiger partial charge on any atom is -0.384 e. The van der Waals surface area contributed by atoms with E-state index in [1.807, 2.05) is 6.92 Å². The zero-order chi connectivity index (χ0) is 14.8. The van der Waals surface area contributed by atoms with E-state index < -0.39 is 5.60 Å². The van der Waals surface area contributed by atoms with Gasteiger partial charge in [0.15, 0.2) is 0 Å². The number of halogens is 1. The molecule has 0 bridgehead atoms. The molecule has 0 saturated heterocycles. The van der Waals surface area contributed by atoms with E-state index in [1.165, 1.54) is 6.07 Å². The Hall–Kier alpha value is -1.72. The lowest BCUT2D eigenvalue weighted by molar-refractivity contribution is 0.0541. The molecule has 0 radical (unpaired) electrons. The Bertz CT molecular complexity index is 580. The summed E-state index contributed by atoms with van der Waals surface area (Å²) in [5.41, 5.74) is 0.274. The van der Waals surface area contributed by atoms with Gasteiger partial charge in [-0.1, -0.05) is 18.2 Å². The van der Waals surface area contributed by atoms with Crippen molar-refractivity contribution in [1.29, 1.82) is 0 Å². The quantitative estimate of drug-likeness (QED) is 0.880. The van der Waals surface area contributed by atoms with E-state index in [4.69, 9.17) is 0 Å². The van der Waals surface area contributed by atoms with Crippen LogP contribution < -0.4 is 5.32 Å². The van der Waals surface area contributed by atoms with Crippen molar-refractivity contribution in [3.63, 3.8) is 0 Å². The number of nitrogens with zero attached hydrogens (tertiary/aromatic N) is 2. The molecule has 2 rings (SSSR count). The summed E-state index contributed by atoms with van der Waals surface area (Å²) >= 11 is 0. The summed E-state index contributed by atoms with van der Waals surface area (Å²) in [6.45, 7) is 3.90. The molecule has 1 aromatic heterocycles. The molecular formula is C15H20FN3O. The number of aliphatic hydroxyl groups is 1. The first kappa shape index (κ1) is 14.7. The van der Waals surface area contributed by atoms with Gasteiger partial charge < -0.3 is 10.4 Å². The van der Waals surface area contributed by atoms with Gasteiger partial charge in [-0.3, -0.25) is 4.68 Å². The SMILES string of the molecule is CC(NCC(C)(O)c1cnn(C)c1)c1ccccc1F. The lowest BCUT2D eigenvalue weighted by Gasteiger charge is -2.25. The van der Waals surface area contributed by atoms with E-state index in [0.29, 0.717) is 12.1 Å². The van der Waals surface area contributed by atoms with Crippen molar-refractivity contribution >= 4 is 0 Å². The molecule has 0 spiro atoms. The van der Waals surface area contributed by atoms with Crippen LogP contribution in [0.2, 0.25) is 0 Å². The maximum absolute atomic E-state index is 13.7. The molecule has 2 N–H and O–H groups in total. The minimum atomic E-state index is -1.05. The van der Waals surface area contributed by atoms with E-state index in [-0.39, 0.29) is 11.9 Å². The zero-order valence-electron chi connectivity index (χ0n) is 12.0. The van der Waals surface area contributed by atoms with Gasteiger partial charge in [0.2, 0.25) is 0 Å². The van der Waals surface area contributed by atoms with Gasteiger partial charge in [-0.05, 0) is 19.9 Å². The Labute approximate surface area is 118 Å². The second-order valence-electron chi connectivity index (χ2n) is 5.30. The summed E-state index contributed by atoms with van der Waals surface area (Å²) in [7, 11) is 1.80. The maximum atomic E-state index is 13.7. The minimum absolute atomic E-state index is 0.181. The third kappa shape index (κ3) is 3.23. The first-order valence-electron chi connectivity index (χ1n) is 6.59. The molecule has 2 aromatic rings. The molecule has 1 aromatic carbocycles. The molecule has 108 valence electrons. The van der Waals surface area contributed by atoms with Gasteiger partial charge in [0.1, 0.15) is 11.4 Å². The van der Waals surface area contributed by atoms with Crippen molar-refractivity contribution in [1.82, 2.24) is 15.1 Å². The predicted octanol–water partition coefficient (Wildman–Crippen LogP) is 2.12. The Morgan fingerprint density at radius 3 is 2.75 bits per heavy atom. The Morgan fingerprint density at radius 1 is 1.45 bits per heavy atom. The molecule has 5 heteroatoms. The molecule has 4 nitrogen and oxygen atoms in total. The van der Waals surface area contributed by atoms with Crippen molar-refractivity contribution in [2.24, 2.45) is 7.05 Å². The first-order chi connectivity index (χ1) is 9.40. The summed E-state index contributed by atoms with van der Waals surface area (Å²) in [5.74, 6) is -0.242. The number of aryl methyl sites for hydroxylation is 1. The average Bonchev–Trinajstić information content (AvgIpc) is 2.84. The highest BCUT2D eigenvalue weighted by atomic mass is 19.1. The van der Waals surface area contributed by atoms with Crippen LogP contribution in [0.25, 0.3) is 0 Å². The largest absolute Gasteiger partial charge is 0.384 e. The molecule has 0 amide bonds. The molecule has 2 atom stereocenters. The van der Waals surface area contributed by atoms with Crippen LogP contribution in [-0.2, 0) is 12.6 Å². The number of aromatic nitrogens is 2. The van der Waals surface area contributed by atoms with Crippen LogP contribution in [0.5, 0.6) is 0 Å². The van der Waals surface area contributed by atoms with E-state index in [0.717, 1.165) is 5.56 Å². The van der Waals surface area contributed by atoms with E-state index in [2.05, 4.69) is 10.4 Å². The van der Waals surface area contributed by atoms with Gasteiger partial charge in [0.05, 0.1) is 6.20 Å². The topological polar surface area (TPSA) is 50.1 Å². The Morgan fingerprint density at radius 2 is 2.15 bits per heavy atom. The highest BCUT2D eigenvalue weighted by molar-refractivity contribution is 5.21. The summed E-state index contributed by atoms with van der Waals surface area (Å²) < 4.78 is 15.3. The van der Waals surface area contributed by atoms with Gasteiger partial charge in [0.25, 0.3) is 0 Å². The van der Waals surface area contributed by atoms with Crippen molar-refractivity contribution in [3.05, 3.63) is 53.6 Å². The lowest BCUT2D eigenvalue weighted by atomic mass is 9.98. The van der Waals surface area contributed by atoms with Gasteiger partial charge in [0, 0.05) is 37.0 Å². The van der Waals surface area contributed by atoms with Crippen LogP contribution >= 0.6 is 0 Å². The third-order valence-electron chi connectivity index (χ3n) is 3.45. The van der Waals surface area contributed by atoms with Crippen LogP contribution in [0.4, 0.5) is 4.39 Å². The molecule has 20 heavy (non-hydrogen) atoms. The Balaban J connectivity index is 2.03. The number of hydrogen-bond acceptors (Lipinski definition) is 3. The lowest BCUT2D eigenvalue weighted by Crippen LogP contribution is -2.36. The van der Waals surface area contributed by atoms with E-state index >= 15 is 0 Å². The van der Waals surface area contributed by atoms with E-state index in [1.54, 1.807) is 49.2 Å².